The van der Waals surface area contributed by atoms with Crippen molar-refractivity contribution in [1.82, 2.24) is 0 Å². The van der Waals surface area contributed by atoms with Crippen LogP contribution in [0.5, 0.6) is 0 Å². The first-order valence-electron chi connectivity index (χ1n) is 6.22. The number of aliphatic hydroxyl groups is 1. The van der Waals surface area contributed by atoms with Gasteiger partial charge >= 0.3 is 0 Å². The molecule has 1 aliphatic carbocycles. The molecule has 0 heterocycles. The van der Waals surface area contributed by atoms with Crippen molar-refractivity contribution in [3.05, 3.63) is 65.3 Å². The van der Waals surface area contributed by atoms with Gasteiger partial charge in [-0.15, -0.1) is 0 Å². The summed E-state index contributed by atoms with van der Waals surface area (Å²) in [6, 6.07) is 10.8. The van der Waals surface area contributed by atoms with E-state index >= 15 is 0 Å². The van der Waals surface area contributed by atoms with E-state index in [0.717, 1.165) is 5.39 Å². The number of carbonyl (C=O) groups is 2. The van der Waals surface area contributed by atoms with Gasteiger partial charge in [-0.2, -0.15) is 0 Å². The van der Waals surface area contributed by atoms with Gasteiger partial charge in [0, 0.05) is 11.1 Å². The second-order valence-corrected chi connectivity index (χ2v) is 4.87. The molecule has 0 amide bonds. The normalized spacial score (nSPS) is 14.7. The Kier molecular flexibility index (Phi) is 2.57. The largest absolute Gasteiger partial charge is 0.507 e. The first-order chi connectivity index (χ1) is 9.52. The van der Waals surface area contributed by atoms with Crippen LogP contribution in [0.4, 0.5) is 0 Å². The molecule has 0 radical (unpaired) electrons. The summed E-state index contributed by atoms with van der Waals surface area (Å²) in [6.07, 6.45) is 0. The number of ketones is 2. The average molecular weight is 264 g/mol. The monoisotopic (exact) mass is 264 g/mol. The van der Waals surface area contributed by atoms with E-state index in [1.807, 2.05) is 18.2 Å². The van der Waals surface area contributed by atoms with E-state index in [4.69, 9.17) is 0 Å². The zero-order chi connectivity index (χ0) is 14.4. The summed E-state index contributed by atoms with van der Waals surface area (Å²) in [6.45, 7) is 5.26. The molecule has 0 atom stereocenters. The highest BCUT2D eigenvalue weighted by Gasteiger charge is 2.34. The van der Waals surface area contributed by atoms with Gasteiger partial charge in [0.2, 0.25) is 11.6 Å². The number of aliphatic hydroxyl groups excluding tert-OH is 1. The molecule has 0 fully saturated rings. The number of Topliss-reactive ketones (excluding diaryl/α,β-unsaturated/α-hetero) is 2. The van der Waals surface area contributed by atoms with Crippen LogP contribution in [0.15, 0.2) is 54.1 Å². The molecule has 0 aromatic heterocycles. The molecule has 0 unspecified atom stereocenters. The lowest BCUT2D eigenvalue weighted by atomic mass is 9.83. The highest BCUT2D eigenvalue weighted by atomic mass is 16.3. The maximum absolute atomic E-state index is 12.4. The van der Waals surface area contributed by atoms with Crippen LogP contribution in [0.3, 0.4) is 0 Å². The Morgan fingerprint density at radius 3 is 2.45 bits per heavy atom. The summed E-state index contributed by atoms with van der Waals surface area (Å²) in [5.74, 6) is -1.45. The van der Waals surface area contributed by atoms with Crippen LogP contribution in [0.2, 0.25) is 0 Å². The van der Waals surface area contributed by atoms with Gasteiger partial charge < -0.3 is 5.11 Å². The Labute approximate surface area is 115 Å². The minimum absolute atomic E-state index is 0.0118. The van der Waals surface area contributed by atoms with Crippen molar-refractivity contribution in [2.24, 2.45) is 0 Å². The molecule has 0 spiro atoms. The fourth-order valence-corrected chi connectivity index (χ4v) is 2.58. The van der Waals surface area contributed by atoms with Crippen LogP contribution in [0.1, 0.15) is 22.8 Å². The van der Waals surface area contributed by atoms with Crippen LogP contribution < -0.4 is 0 Å². The topological polar surface area (TPSA) is 54.4 Å². The highest BCUT2D eigenvalue weighted by Crippen LogP contribution is 2.34. The average Bonchev–Trinajstić information content (AvgIpc) is 2.43. The lowest BCUT2D eigenvalue weighted by Gasteiger charge is -2.19. The van der Waals surface area contributed by atoms with Crippen LogP contribution >= 0.6 is 0 Å². The number of benzene rings is 2. The van der Waals surface area contributed by atoms with E-state index in [9.17, 15) is 14.7 Å². The summed E-state index contributed by atoms with van der Waals surface area (Å²) < 4.78 is 0. The van der Waals surface area contributed by atoms with E-state index in [1.165, 1.54) is 0 Å². The van der Waals surface area contributed by atoms with Gasteiger partial charge in [0.05, 0.1) is 5.57 Å². The first kappa shape index (κ1) is 12.4. The summed E-state index contributed by atoms with van der Waals surface area (Å²) in [5.41, 5.74) is 1.07. The van der Waals surface area contributed by atoms with Crippen molar-refractivity contribution in [3.8, 4) is 0 Å². The standard InChI is InChI=1S/C17H12O3/c1-9(2)13-15(18)12-8-7-10-5-3-4-6-11(10)14(12)17(20)16(13)19/h3-8,18H,1H2,2H3. The van der Waals surface area contributed by atoms with Gasteiger partial charge in [-0.3, -0.25) is 9.59 Å². The molecule has 3 heteroatoms. The third kappa shape index (κ3) is 1.53. The second-order valence-electron chi connectivity index (χ2n) is 4.87. The van der Waals surface area contributed by atoms with Gasteiger partial charge in [0.1, 0.15) is 5.76 Å². The number of hydrogen-bond donors (Lipinski definition) is 1. The lowest BCUT2D eigenvalue weighted by Crippen LogP contribution is -2.24. The van der Waals surface area contributed by atoms with E-state index in [1.54, 1.807) is 25.1 Å². The van der Waals surface area contributed by atoms with Crippen molar-refractivity contribution in [1.29, 1.82) is 0 Å². The lowest BCUT2D eigenvalue weighted by molar-refractivity contribution is -0.111. The van der Waals surface area contributed by atoms with Crippen molar-refractivity contribution in [3.63, 3.8) is 0 Å². The fourth-order valence-electron chi connectivity index (χ4n) is 2.58. The van der Waals surface area contributed by atoms with Gasteiger partial charge in [-0.1, -0.05) is 36.9 Å². The van der Waals surface area contributed by atoms with Crippen molar-refractivity contribution < 1.29 is 14.7 Å². The van der Waals surface area contributed by atoms with E-state index in [0.29, 0.717) is 16.5 Å². The van der Waals surface area contributed by atoms with Crippen LogP contribution in [-0.4, -0.2) is 16.7 Å². The van der Waals surface area contributed by atoms with Gasteiger partial charge in [-0.25, -0.2) is 0 Å². The van der Waals surface area contributed by atoms with Gasteiger partial charge in [-0.05, 0) is 29.3 Å². The Bertz CT molecular complexity index is 825. The third-order valence-corrected chi connectivity index (χ3v) is 3.51. The van der Waals surface area contributed by atoms with E-state index in [-0.39, 0.29) is 16.9 Å². The predicted octanol–water partition coefficient (Wildman–Crippen LogP) is 3.45. The van der Waals surface area contributed by atoms with Crippen LogP contribution in [0, 0.1) is 0 Å². The van der Waals surface area contributed by atoms with Crippen LogP contribution in [-0.2, 0) is 4.79 Å². The maximum Gasteiger partial charge on any atom is 0.237 e. The SMILES string of the molecule is C=C(C)C1=C(O)c2ccc3ccccc3c2C(=O)C1=O. The Morgan fingerprint density at radius 1 is 1.05 bits per heavy atom. The molecule has 0 saturated heterocycles. The minimum Gasteiger partial charge on any atom is -0.507 e. The smallest absolute Gasteiger partial charge is 0.237 e. The second kappa shape index (κ2) is 4.17. The van der Waals surface area contributed by atoms with E-state index in [2.05, 4.69) is 6.58 Å². The quantitative estimate of drug-likeness (QED) is 0.802. The maximum atomic E-state index is 12.4. The number of fused-ring (bicyclic) bond motifs is 3. The molecule has 0 bridgehead atoms. The first-order valence-corrected chi connectivity index (χ1v) is 6.22. The zero-order valence-corrected chi connectivity index (χ0v) is 10.9. The highest BCUT2D eigenvalue weighted by molar-refractivity contribution is 6.54. The molecule has 0 aliphatic heterocycles. The van der Waals surface area contributed by atoms with Crippen molar-refractivity contribution >= 4 is 28.1 Å². The van der Waals surface area contributed by atoms with Gasteiger partial charge in [0.25, 0.3) is 0 Å². The van der Waals surface area contributed by atoms with Gasteiger partial charge in [0.15, 0.2) is 0 Å². The molecule has 2 aromatic carbocycles. The Morgan fingerprint density at radius 2 is 1.75 bits per heavy atom. The summed E-state index contributed by atoms with van der Waals surface area (Å²) in [4.78, 5) is 24.5. The molecule has 1 N–H and O–H groups in total. The zero-order valence-electron chi connectivity index (χ0n) is 10.9. The fraction of sp³-hybridized carbons (Fsp3) is 0.0588. The molecule has 20 heavy (non-hydrogen) atoms. The Balaban J connectivity index is 2.46. The number of rotatable bonds is 1. The third-order valence-electron chi connectivity index (χ3n) is 3.51. The Hall–Kier alpha value is -2.68. The molecule has 3 rings (SSSR count). The number of carbonyl (C=O) groups excluding carboxylic acids is 2. The molecule has 2 aromatic rings. The van der Waals surface area contributed by atoms with Crippen molar-refractivity contribution in [2.45, 2.75) is 6.92 Å². The summed E-state index contributed by atoms with van der Waals surface area (Å²) >= 11 is 0. The molecule has 0 saturated carbocycles. The number of hydrogen-bond acceptors (Lipinski definition) is 3. The van der Waals surface area contributed by atoms with Crippen molar-refractivity contribution in [2.75, 3.05) is 0 Å². The summed E-state index contributed by atoms with van der Waals surface area (Å²) in [7, 11) is 0. The van der Waals surface area contributed by atoms with E-state index < -0.39 is 11.6 Å². The molecular formula is C17H12O3. The molecule has 98 valence electrons. The summed E-state index contributed by atoms with van der Waals surface area (Å²) in [5, 5.41) is 11.8. The molecular weight excluding hydrogens is 252 g/mol. The minimum atomic E-state index is -0.696. The van der Waals surface area contributed by atoms with Crippen LogP contribution in [0.25, 0.3) is 16.5 Å². The molecule has 3 nitrogen and oxygen atoms in total. The molecule has 1 aliphatic rings. The predicted molar refractivity (Wildman–Crippen MR) is 77.6 cm³/mol. The number of allylic oxidation sites excluding steroid dienone is 2.